The molecule has 0 saturated heterocycles. The molecular formula is C10H11N3S2. The Bertz CT molecular complexity index is 397. The minimum Gasteiger partial charge on any atom is -0.330 e. The topological polar surface area (TPSA) is 51.8 Å². The summed E-state index contributed by atoms with van der Waals surface area (Å²) in [6.07, 6.45) is 0.934. The zero-order valence-electron chi connectivity index (χ0n) is 8.09. The van der Waals surface area contributed by atoms with Gasteiger partial charge in [-0.05, 0) is 30.7 Å². The first kappa shape index (κ1) is 10.6. The van der Waals surface area contributed by atoms with Gasteiger partial charge in [0.15, 0.2) is 4.34 Å². The zero-order valence-corrected chi connectivity index (χ0v) is 9.72. The molecule has 15 heavy (non-hydrogen) atoms. The van der Waals surface area contributed by atoms with Gasteiger partial charge in [0.25, 0.3) is 0 Å². The molecule has 0 aliphatic heterocycles. The molecule has 2 aromatic rings. The van der Waals surface area contributed by atoms with Crippen LogP contribution in [0.25, 0.3) is 0 Å². The van der Waals surface area contributed by atoms with Gasteiger partial charge in [-0.2, -0.15) is 0 Å². The molecule has 0 bridgehead atoms. The third kappa shape index (κ3) is 3.02. The fourth-order valence-electron chi connectivity index (χ4n) is 1.20. The molecule has 0 spiro atoms. The quantitative estimate of drug-likeness (QED) is 0.885. The van der Waals surface area contributed by atoms with Crippen molar-refractivity contribution in [3.05, 3.63) is 35.3 Å². The molecule has 78 valence electrons. The SMILES string of the molecule is NCCc1ccc(Sc2nncs2)cc1. The third-order valence-corrected chi connectivity index (χ3v) is 3.69. The van der Waals surface area contributed by atoms with E-state index in [4.69, 9.17) is 5.73 Å². The van der Waals surface area contributed by atoms with Crippen LogP contribution in [0.3, 0.4) is 0 Å². The maximum Gasteiger partial charge on any atom is 0.178 e. The number of rotatable bonds is 4. The van der Waals surface area contributed by atoms with Crippen LogP contribution in [0.4, 0.5) is 0 Å². The molecule has 0 fully saturated rings. The van der Waals surface area contributed by atoms with Crippen LogP contribution >= 0.6 is 23.1 Å². The lowest BCUT2D eigenvalue weighted by molar-refractivity contribution is 0.966. The average molecular weight is 237 g/mol. The monoisotopic (exact) mass is 237 g/mol. The van der Waals surface area contributed by atoms with Gasteiger partial charge >= 0.3 is 0 Å². The Hall–Kier alpha value is -0.910. The van der Waals surface area contributed by atoms with Gasteiger partial charge in [0.05, 0.1) is 0 Å². The first-order valence-electron chi connectivity index (χ1n) is 4.61. The van der Waals surface area contributed by atoms with Crippen LogP contribution in [-0.4, -0.2) is 16.7 Å². The maximum atomic E-state index is 5.49. The van der Waals surface area contributed by atoms with Crippen molar-refractivity contribution < 1.29 is 0 Å². The molecule has 0 unspecified atom stereocenters. The van der Waals surface area contributed by atoms with Crippen molar-refractivity contribution in [2.24, 2.45) is 5.73 Å². The van der Waals surface area contributed by atoms with Crippen LogP contribution in [0.5, 0.6) is 0 Å². The highest BCUT2D eigenvalue weighted by Gasteiger charge is 2.00. The Morgan fingerprint density at radius 3 is 2.67 bits per heavy atom. The first-order valence-corrected chi connectivity index (χ1v) is 6.31. The zero-order chi connectivity index (χ0) is 10.5. The molecule has 1 aromatic carbocycles. The highest BCUT2D eigenvalue weighted by Crippen LogP contribution is 2.28. The second kappa shape index (κ2) is 5.25. The van der Waals surface area contributed by atoms with Gasteiger partial charge in [-0.1, -0.05) is 35.2 Å². The van der Waals surface area contributed by atoms with Gasteiger partial charge in [0.1, 0.15) is 5.51 Å². The highest BCUT2D eigenvalue weighted by molar-refractivity contribution is 8.01. The van der Waals surface area contributed by atoms with Crippen LogP contribution in [0.2, 0.25) is 0 Å². The summed E-state index contributed by atoms with van der Waals surface area (Å²) in [6, 6.07) is 8.40. The lowest BCUT2D eigenvalue weighted by Crippen LogP contribution is -2.02. The van der Waals surface area contributed by atoms with Gasteiger partial charge in [0.2, 0.25) is 0 Å². The van der Waals surface area contributed by atoms with Crippen molar-refractivity contribution in [1.82, 2.24) is 10.2 Å². The molecule has 0 aliphatic rings. The van der Waals surface area contributed by atoms with E-state index in [1.807, 2.05) is 0 Å². The summed E-state index contributed by atoms with van der Waals surface area (Å²) in [6.45, 7) is 0.697. The molecule has 1 aromatic heterocycles. The van der Waals surface area contributed by atoms with E-state index >= 15 is 0 Å². The lowest BCUT2D eigenvalue weighted by Gasteiger charge is -2.00. The molecular weight excluding hydrogens is 226 g/mol. The number of nitrogens with zero attached hydrogens (tertiary/aromatic N) is 2. The summed E-state index contributed by atoms with van der Waals surface area (Å²) >= 11 is 3.19. The standard InChI is InChI=1S/C10H11N3S2/c11-6-5-8-1-3-9(4-2-8)15-10-13-12-7-14-10/h1-4,7H,5-6,11H2. The summed E-state index contributed by atoms with van der Waals surface area (Å²) in [7, 11) is 0. The van der Waals surface area contributed by atoms with Crippen LogP contribution in [0.15, 0.2) is 39.0 Å². The molecule has 2 rings (SSSR count). The Kier molecular flexibility index (Phi) is 3.71. The fourth-order valence-corrected chi connectivity index (χ4v) is 2.65. The normalized spacial score (nSPS) is 10.5. The van der Waals surface area contributed by atoms with Gasteiger partial charge < -0.3 is 5.73 Å². The molecule has 0 atom stereocenters. The lowest BCUT2D eigenvalue weighted by atomic mass is 10.2. The molecule has 0 saturated carbocycles. The number of hydrogen-bond acceptors (Lipinski definition) is 5. The number of hydrogen-bond donors (Lipinski definition) is 1. The summed E-state index contributed by atoms with van der Waals surface area (Å²) in [5.74, 6) is 0. The Morgan fingerprint density at radius 1 is 1.27 bits per heavy atom. The summed E-state index contributed by atoms with van der Waals surface area (Å²) in [5, 5.41) is 7.78. The number of nitrogens with two attached hydrogens (primary N) is 1. The van der Waals surface area contributed by atoms with Crippen molar-refractivity contribution >= 4 is 23.1 Å². The van der Waals surface area contributed by atoms with Gasteiger partial charge in [-0.25, -0.2) is 0 Å². The smallest absolute Gasteiger partial charge is 0.178 e. The first-order chi connectivity index (χ1) is 7.38. The maximum absolute atomic E-state index is 5.49. The van der Waals surface area contributed by atoms with Crippen LogP contribution < -0.4 is 5.73 Å². The molecule has 3 nitrogen and oxygen atoms in total. The number of benzene rings is 1. The predicted octanol–water partition coefficient (Wildman–Crippen LogP) is 2.19. The van der Waals surface area contributed by atoms with E-state index in [0.29, 0.717) is 6.54 Å². The minimum atomic E-state index is 0.697. The highest BCUT2D eigenvalue weighted by atomic mass is 32.2. The second-order valence-corrected chi connectivity index (χ2v) is 5.14. The number of aromatic nitrogens is 2. The van der Waals surface area contributed by atoms with E-state index in [0.717, 1.165) is 10.8 Å². The third-order valence-electron chi connectivity index (χ3n) is 1.90. The summed E-state index contributed by atoms with van der Waals surface area (Å²) in [5.41, 5.74) is 8.50. The van der Waals surface area contributed by atoms with E-state index in [9.17, 15) is 0 Å². The van der Waals surface area contributed by atoms with E-state index in [1.165, 1.54) is 10.5 Å². The van der Waals surface area contributed by atoms with Crippen molar-refractivity contribution in [2.45, 2.75) is 15.7 Å². The minimum absolute atomic E-state index is 0.697. The van der Waals surface area contributed by atoms with Crippen LogP contribution in [-0.2, 0) is 6.42 Å². The Balaban J connectivity index is 2.04. The predicted molar refractivity (Wildman–Crippen MR) is 63.2 cm³/mol. The summed E-state index contributed by atoms with van der Waals surface area (Å²) in [4.78, 5) is 1.19. The molecule has 5 heteroatoms. The van der Waals surface area contributed by atoms with E-state index < -0.39 is 0 Å². The molecule has 2 N–H and O–H groups in total. The largest absolute Gasteiger partial charge is 0.330 e. The van der Waals surface area contributed by atoms with Crippen LogP contribution in [0, 0.1) is 0 Å². The Morgan fingerprint density at radius 2 is 2.07 bits per heavy atom. The van der Waals surface area contributed by atoms with Gasteiger partial charge in [0, 0.05) is 4.90 Å². The summed E-state index contributed by atoms with van der Waals surface area (Å²) < 4.78 is 0.974. The molecule has 0 radical (unpaired) electrons. The van der Waals surface area contributed by atoms with Crippen molar-refractivity contribution in [3.63, 3.8) is 0 Å². The Labute approximate surface area is 96.7 Å². The average Bonchev–Trinajstić information content (AvgIpc) is 2.74. The van der Waals surface area contributed by atoms with Crippen LogP contribution in [0.1, 0.15) is 5.56 Å². The molecule has 0 amide bonds. The van der Waals surface area contributed by atoms with Gasteiger partial charge in [-0.15, -0.1) is 10.2 Å². The van der Waals surface area contributed by atoms with E-state index in [-0.39, 0.29) is 0 Å². The molecule has 1 heterocycles. The van der Waals surface area contributed by atoms with E-state index in [1.54, 1.807) is 28.6 Å². The fraction of sp³-hybridized carbons (Fsp3) is 0.200. The van der Waals surface area contributed by atoms with E-state index in [2.05, 4.69) is 34.5 Å². The van der Waals surface area contributed by atoms with Crippen molar-refractivity contribution in [2.75, 3.05) is 6.54 Å². The van der Waals surface area contributed by atoms with Crippen molar-refractivity contribution in [1.29, 1.82) is 0 Å². The van der Waals surface area contributed by atoms with Crippen molar-refractivity contribution in [3.8, 4) is 0 Å². The molecule has 0 aliphatic carbocycles. The second-order valence-electron chi connectivity index (χ2n) is 2.99. The van der Waals surface area contributed by atoms with Gasteiger partial charge in [-0.3, -0.25) is 0 Å².